The van der Waals surface area contributed by atoms with Gasteiger partial charge in [0, 0.05) is 23.7 Å². The number of ether oxygens (including phenoxy) is 1. The molecule has 0 radical (unpaired) electrons. The third kappa shape index (κ3) is 2.61. The molecule has 1 unspecified atom stereocenters. The predicted molar refractivity (Wildman–Crippen MR) is 81.7 cm³/mol. The highest BCUT2D eigenvalue weighted by Crippen LogP contribution is 2.30. The average Bonchev–Trinajstić information content (AvgIpc) is 3.06. The maximum Gasteiger partial charge on any atom is 0.167 e. The molecule has 0 amide bonds. The maximum atomic E-state index is 13.8. The second-order valence-corrected chi connectivity index (χ2v) is 6.21. The number of halogens is 2. The fourth-order valence-electron chi connectivity index (χ4n) is 2.24. The molecular formula is C14H13ClFN3OS. The van der Waals surface area contributed by atoms with Gasteiger partial charge in [-0.05, 0) is 6.92 Å². The van der Waals surface area contributed by atoms with Gasteiger partial charge in [0.1, 0.15) is 10.8 Å². The first-order valence-corrected chi connectivity index (χ1v) is 7.68. The molecule has 0 aliphatic rings. The zero-order chi connectivity index (χ0) is 15.0. The van der Waals surface area contributed by atoms with Crippen LogP contribution in [0.1, 0.15) is 23.1 Å². The van der Waals surface area contributed by atoms with Gasteiger partial charge in [-0.2, -0.15) is 0 Å². The lowest BCUT2D eigenvalue weighted by molar-refractivity contribution is 0.387. The maximum absolute atomic E-state index is 13.8. The number of aromatic nitrogens is 3. The zero-order valence-corrected chi connectivity index (χ0v) is 13.1. The number of hydrogen-bond donors (Lipinski definition) is 0. The first kappa shape index (κ1) is 14.3. The van der Waals surface area contributed by atoms with E-state index in [1.54, 1.807) is 23.6 Å². The van der Waals surface area contributed by atoms with Gasteiger partial charge in [0.15, 0.2) is 11.6 Å². The monoisotopic (exact) mass is 325 g/mol. The summed E-state index contributed by atoms with van der Waals surface area (Å²) in [5.41, 5.74) is 1.35. The molecule has 0 aliphatic heterocycles. The summed E-state index contributed by atoms with van der Waals surface area (Å²) in [4.78, 5) is 8.72. The molecular weight excluding hydrogens is 313 g/mol. The second-order valence-electron chi connectivity index (χ2n) is 4.57. The minimum atomic E-state index is -0.433. The Bertz CT molecular complexity index is 770. The number of hydrogen-bond acceptors (Lipinski definition) is 4. The Morgan fingerprint density at radius 2 is 2.29 bits per heavy atom. The van der Waals surface area contributed by atoms with E-state index >= 15 is 0 Å². The fourth-order valence-corrected chi connectivity index (χ4v) is 3.01. The van der Waals surface area contributed by atoms with Crippen LogP contribution >= 0.6 is 22.9 Å². The van der Waals surface area contributed by atoms with E-state index in [0.717, 1.165) is 10.5 Å². The minimum Gasteiger partial charge on any atom is -0.494 e. The Labute approximate surface area is 130 Å². The van der Waals surface area contributed by atoms with Crippen LogP contribution < -0.4 is 4.74 Å². The second kappa shape index (κ2) is 5.61. The molecule has 1 aromatic carbocycles. The largest absolute Gasteiger partial charge is 0.494 e. The number of thiazole rings is 1. The summed E-state index contributed by atoms with van der Waals surface area (Å²) in [6.45, 7) is 2.39. The Morgan fingerprint density at radius 3 is 2.90 bits per heavy atom. The van der Waals surface area contributed by atoms with Gasteiger partial charge in [0.2, 0.25) is 0 Å². The summed E-state index contributed by atoms with van der Waals surface area (Å²) < 4.78 is 20.8. The first-order chi connectivity index (χ1) is 10.1. The molecule has 21 heavy (non-hydrogen) atoms. The first-order valence-electron chi connectivity index (χ1n) is 6.36. The van der Waals surface area contributed by atoms with Crippen molar-refractivity contribution in [2.75, 3.05) is 7.11 Å². The summed E-state index contributed by atoms with van der Waals surface area (Å²) in [5, 5.41) is 2.57. The Balaban J connectivity index is 2.20. The topological polar surface area (TPSA) is 39.9 Å². The van der Waals surface area contributed by atoms with Crippen LogP contribution in [0.4, 0.5) is 4.39 Å². The van der Waals surface area contributed by atoms with Crippen LogP contribution in [-0.2, 0) is 6.54 Å². The number of alkyl halides is 1. The van der Waals surface area contributed by atoms with Gasteiger partial charge in [0.25, 0.3) is 0 Å². The minimum absolute atomic E-state index is 0.191. The van der Waals surface area contributed by atoms with Gasteiger partial charge in [0.05, 0.1) is 30.1 Å². The number of fused-ring (bicyclic) bond motifs is 1. The normalized spacial score (nSPS) is 12.8. The van der Waals surface area contributed by atoms with Crippen molar-refractivity contribution in [3.05, 3.63) is 40.4 Å². The highest BCUT2D eigenvalue weighted by molar-refractivity contribution is 7.09. The molecule has 2 heterocycles. The number of methoxy groups -OCH3 is 1. The van der Waals surface area contributed by atoms with Crippen LogP contribution in [0.5, 0.6) is 5.75 Å². The molecule has 0 fully saturated rings. The van der Waals surface area contributed by atoms with Crippen molar-refractivity contribution < 1.29 is 9.13 Å². The van der Waals surface area contributed by atoms with Crippen molar-refractivity contribution in [1.82, 2.24) is 14.5 Å². The van der Waals surface area contributed by atoms with Crippen LogP contribution in [0, 0.1) is 5.82 Å². The molecule has 2 aromatic heterocycles. The van der Waals surface area contributed by atoms with Gasteiger partial charge < -0.3 is 9.30 Å². The highest BCUT2D eigenvalue weighted by Gasteiger charge is 2.18. The predicted octanol–water partition coefficient (Wildman–Crippen LogP) is 3.99. The zero-order valence-electron chi connectivity index (χ0n) is 11.5. The van der Waals surface area contributed by atoms with E-state index in [1.165, 1.54) is 13.2 Å². The van der Waals surface area contributed by atoms with E-state index in [1.807, 2.05) is 16.9 Å². The standard InChI is InChI=1S/C14H13ClFN3OS/c1-8(15)14-18-10-5-9(16)12(20-2)6-11(10)19(14)7-13-17-3-4-21-13/h3-6,8H,7H2,1-2H3. The SMILES string of the molecule is COc1cc2c(cc1F)nc(C(C)Cl)n2Cc1nccs1. The molecule has 4 nitrogen and oxygen atoms in total. The van der Waals surface area contributed by atoms with Gasteiger partial charge >= 0.3 is 0 Å². The van der Waals surface area contributed by atoms with Gasteiger partial charge in [-0.1, -0.05) is 0 Å². The Kier molecular flexibility index (Phi) is 3.82. The van der Waals surface area contributed by atoms with Crippen LogP contribution in [-0.4, -0.2) is 21.6 Å². The van der Waals surface area contributed by atoms with E-state index in [9.17, 15) is 4.39 Å². The molecule has 3 rings (SSSR count). The number of rotatable bonds is 4. The molecule has 1 atom stereocenters. The van der Waals surface area contributed by atoms with Crippen molar-refractivity contribution in [3.63, 3.8) is 0 Å². The quantitative estimate of drug-likeness (QED) is 0.681. The lowest BCUT2D eigenvalue weighted by atomic mass is 10.3. The average molecular weight is 326 g/mol. The number of imidazole rings is 1. The van der Waals surface area contributed by atoms with Gasteiger partial charge in [-0.15, -0.1) is 22.9 Å². The van der Waals surface area contributed by atoms with Crippen molar-refractivity contribution in [2.24, 2.45) is 0 Å². The summed E-state index contributed by atoms with van der Waals surface area (Å²) in [7, 11) is 1.44. The summed E-state index contributed by atoms with van der Waals surface area (Å²) in [6, 6.07) is 3.02. The smallest absolute Gasteiger partial charge is 0.167 e. The molecule has 0 aliphatic carbocycles. The molecule has 0 N–H and O–H groups in total. The molecule has 0 saturated carbocycles. The Morgan fingerprint density at radius 1 is 1.48 bits per heavy atom. The highest BCUT2D eigenvalue weighted by atomic mass is 35.5. The van der Waals surface area contributed by atoms with E-state index in [0.29, 0.717) is 17.9 Å². The number of nitrogens with zero attached hydrogens (tertiary/aromatic N) is 3. The van der Waals surface area contributed by atoms with Gasteiger partial charge in [-0.3, -0.25) is 0 Å². The van der Waals surface area contributed by atoms with Crippen LogP contribution in [0.2, 0.25) is 0 Å². The Hall–Kier alpha value is -1.66. The van der Waals surface area contributed by atoms with Crippen molar-refractivity contribution in [2.45, 2.75) is 18.8 Å². The number of benzene rings is 1. The van der Waals surface area contributed by atoms with Crippen molar-refractivity contribution in [3.8, 4) is 5.75 Å². The molecule has 3 aromatic rings. The summed E-state index contributed by atoms with van der Waals surface area (Å²) >= 11 is 7.76. The van der Waals surface area contributed by atoms with Crippen LogP contribution in [0.25, 0.3) is 11.0 Å². The van der Waals surface area contributed by atoms with Crippen molar-refractivity contribution >= 4 is 34.0 Å². The van der Waals surface area contributed by atoms with Gasteiger partial charge in [-0.25, -0.2) is 14.4 Å². The molecule has 0 saturated heterocycles. The van der Waals surface area contributed by atoms with E-state index < -0.39 is 5.82 Å². The van der Waals surface area contributed by atoms with E-state index in [-0.39, 0.29) is 11.1 Å². The fraction of sp³-hybridized carbons (Fsp3) is 0.286. The third-order valence-electron chi connectivity index (χ3n) is 3.18. The van der Waals surface area contributed by atoms with Crippen LogP contribution in [0.3, 0.4) is 0 Å². The molecule has 7 heteroatoms. The van der Waals surface area contributed by atoms with E-state index in [4.69, 9.17) is 16.3 Å². The molecule has 0 bridgehead atoms. The third-order valence-corrected chi connectivity index (χ3v) is 4.14. The summed E-state index contributed by atoms with van der Waals surface area (Å²) in [5.74, 6) is 0.448. The molecule has 0 spiro atoms. The van der Waals surface area contributed by atoms with Crippen LogP contribution in [0.15, 0.2) is 23.7 Å². The lowest BCUT2D eigenvalue weighted by Gasteiger charge is -2.09. The van der Waals surface area contributed by atoms with E-state index in [2.05, 4.69) is 9.97 Å². The molecule has 110 valence electrons. The lowest BCUT2D eigenvalue weighted by Crippen LogP contribution is -2.05. The van der Waals surface area contributed by atoms with Crippen molar-refractivity contribution in [1.29, 1.82) is 0 Å². The summed E-state index contributed by atoms with van der Waals surface area (Å²) in [6.07, 6.45) is 1.75.